The summed E-state index contributed by atoms with van der Waals surface area (Å²) in [5.41, 5.74) is 7.28. The molecule has 0 atom stereocenters. The number of esters is 1. The second kappa shape index (κ2) is 7.00. The smallest absolute Gasteiger partial charge is 0.338 e. The number of rotatable bonds is 4. The maximum absolute atomic E-state index is 11.7. The minimum absolute atomic E-state index is 0.120. The maximum atomic E-state index is 11.7. The molecular weight excluding hydrogens is 320 g/mol. The van der Waals surface area contributed by atoms with E-state index in [1.807, 2.05) is 18.2 Å². The summed E-state index contributed by atoms with van der Waals surface area (Å²) in [6.45, 7) is 2.05. The van der Waals surface area contributed by atoms with Crippen LogP contribution in [0.5, 0.6) is 0 Å². The van der Waals surface area contributed by atoms with Crippen molar-refractivity contribution >= 4 is 28.5 Å². The van der Waals surface area contributed by atoms with E-state index in [2.05, 4.69) is 4.99 Å². The minimum atomic E-state index is -0.628. The summed E-state index contributed by atoms with van der Waals surface area (Å²) in [7, 11) is 0. The standard InChI is InChI=1S/C19H16N2O4/c1-2-24-19(23)12-7-9-14(10-8-12)21-18-15(17(20)22)11-13-5-3-4-6-16(13)25-18/h3-11H,2H2,1H3,(H2,20,22). The van der Waals surface area contributed by atoms with Gasteiger partial charge in [-0.3, -0.25) is 4.79 Å². The Morgan fingerprint density at radius 3 is 2.52 bits per heavy atom. The van der Waals surface area contributed by atoms with Crippen LogP contribution in [-0.4, -0.2) is 18.5 Å². The Morgan fingerprint density at radius 1 is 1.12 bits per heavy atom. The summed E-state index contributed by atoms with van der Waals surface area (Å²) in [5.74, 6) is -1.03. The van der Waals surface area contributed by atoms with E-state index in [-0.39, 0.29) is 11.1 Å². The van der Waals surface area contributed by atoms with Crippen molar-refractivity contribution in [1.82, 2.24) is 0 Å². The molecule has 3 aromatic rings. The summed E-state index contributed by atoms with van der Waals surface area (Å²) < 4.78 is 10.7. The number of benzene rings is 2. The highest BCUT2D eigenvalue weighted by molar-refractivity contribution is 5.95. The summed E-state index contributed by atoms with van der Waals surface area (Å²) in [5, 5.41) is 0.757. The molecule has 2 N–H and O–H groups in total. The maximum Gasteiger partial charge on any atom is 0.338 e. The van der Waals surface area contributed by atoms with Gasteiger partial charge in [0.2, 0.25) is 5.55 Å². The van der Waals surface area contributed by atoms with Crippen LogP contribution < -0.4 is 11.3 Å². The van der Waals surface area contributed by atoms with E-state index < -0.39 is 11.9 Å². The van der Waals surface area contributed by atoms with Crippen LogP contribution in [0.3, 0.4) is 0 Å². The first-order valence-corrected chi connectivity index (χ1v) is 7.73. The summed E-state index contributed by atoms with van der Waals surface area (Å²) >= 11 is 0. The lowest BCUT2D eigenvalue weighted by Gasteiger charge is -2.03. The molecule has 0 aliphatic carbocycles. The van der Waals surface area contributed by atoms with E-state index in [1.165, 1.54) is 0 Å². The number of hydrogen-bond donors (Lipinski definition) is 1. The molecule has 0 aliphatic heterocycles. The van der Waals surface area contributed by atoms with Crippen LogP contribution in [0.1, 0.15) is 27.6 Å². The lowest BCUT2D eigenvalue weighted by molar-refractivity contribution is 0.0526. The van der Waals surface area contributed by atoms with Crippen LogP contribution in [-0.2, 0) is 4.74 Å². The molecule has 126 valence electrons. The Morgan fingerprint density at radius 2 is 1.84 bits per heavy atom. The molecule has 0 aliphatic rings. The molecule has 0 unspecified atom stereocenters. The minimum Gasteiger partial charge on any atom is -0.462 e. The Hall–Kier alpha value is -3.41. The van der Waals surface area contributed by atoms with E-state index in [4.69, 9.17) is 14.9 Å². The van der Waals surface area contributed by atoms with Crippen molar-refractivity contribution in [3.63, 3.8) is 0 Å². The fourth-order valence-electron chi connectivity index (χ4n) is 2.33. The number of hydrogen-bond acceptors (Lipinski definition) is 5. The largest absolute Gasteiger partial charge is 0.462 e. The van der Waals surface area contributed by atoms with Gasteiger partial charge < -0.3 is 14.9 Å². The molecule has 6 nitrogen and oxygen atoms in total. The number of ether oxygens (including phenoxy) is 1. The van der Waals surface area contributed by atoms with Gasteiger partial charge in [-0.25, -0.2) is 9.79 Å². The summed E-state index contributed by atoms with van der Waals surface area (Å²) in [6.07, 6.45) is 0. The third-order valence-corrected chi connectivity index (χ3v) is 3.53. The third-order valence-electron chi connectivity index (χ3n) is 3.53. The molecule has 0 saturated heterocycles. The Kier molecular flexibility index (Phi) is 4.61. The van der Waals surface area contributed by atoms with Crippen molar-refractivity contribution in [2.75, 3.05) is 6.61 Å². The predicted octanol–water partition coefficient (Wildman–Crippen LogP) is 2.94. The monoisotopic (exact) mass is 336 g/mol. The third kappa shape index (κ3) is 3.58. The average Bonchev–Trinajstić information content (AvgIpc) is 2.62. The van der Waals surface area contributed by atoms with Crippen molar-refractivity contribution < 1.29 is 18.7 Å². The molecule has 0 bridgehead atoms. The average molecular weight is 336 g/mol. The zero-order valence-electron chi connectivity index (χ0n) is 13.6. The molecule has 25 heavy (non-hydrogen) atoms. The van der Waals surface area contributed by atoms with Crippen LogP contribution in [0.2, 0.25) is 0 Å². The van der Waals surface area contributed by atoms with Gasteiger partial charge in [0.25, 0.3) is 5.91 Å². The van der Waals surface area contributed by atoms with Gasteiger partial charge in [-0.15, -0.1) is 0 Å². The van der Waals surface area contributed by atoms with Crippen LogP contribution in [0.15, 0.2) is 64.0 Å². The van der Waals surface area contributed by atoms with Crippen molar-refractivity contribution in [2.24, 2.45) is 10.7 Å². The topological polar surface area (TPSA) is 94.9 Å². The first-order chi connectivity index (χ1) is 12.1. The molecule has 1 amide bonds. The van der Waals surface area contributed by atoms with Crippen molar-refractivity contribution in [2.45, 2.75) is 6.92 Å². The molecule has 1 aromatic heterocycles. The SMILES string of the molecule is CCOC(=O)c1ccc(N=c2oc3ccccc3cc2C(N)=O)cc1. The van der Waals surface area contributed by atoms with Gasteiger partial charge in [0.15, 0.2) is 0 Å². The van der Waals surface area contributed by atoms with E-state index in [1.54, 1.807) is 43.3 Å². The van der Waals surface area contributed by atoms with E-state index in [9.17, 15) is 9.59 Å². The quantitative estimate of drug-likeness (QED) is 0.741. The molecule has 1 heterocycles. The highest BCUT2D eigenvalue weighted by Crippen LogP contribution is 2.16. The fourth-order valence-corrected chi connectivity index (χ4v) is 2.33. The zero-order chi connectivity index (χ0) is 17.8. The van der Waals surface area contributed by atoms with Crippen LogP contribution in [0, 0.1) is 0 Å². The van der Waals surface area contributed by atoms with Crippen LogP contribution >= 0.6 is 0 Å². The molecule has 6 heteroatoms. The van der Waals surface area contributed by atoms with Gasteiger partial charge in [0.1, 0.15) is 11.1 Å². The van der Waals surface area contributed by atoms with E-state index >= 15 is 0 Å². The number of primary amides is 1. The van der Waals surface area contributed by atoms with Crippen LogP contribution in [0.25, 0.3) is 11.0 Å². The molecule has 0 fully saturated rings. The van der Waals surface area contributed by atoms with Crippen molar-refractivity contribution in [3.8, 4) is 0 Å². The van der Waals surface area contributed by atoms with Gasteiger partial charge >= 0.3 is 5.97 Å². The molecule has 0 saturated carbocycles. The van der Waals surface area contributed by atoms with Gasteiger partial charge in [-0.05, 0) is 43.3 Å². The molecular formula is C19H16N2O4. The number of nitrogens with two attached hydrogens (primary N) is 1. The van der Waals surface area contributed by atoms with Gasteiger partial charge in [-0.2, -0.15) is 0 Å². The lowest BCUT2D eigenvalue weighted by Crippen LogP contribution is -2.21. The number of fused-ring (bicyclic) bond motifs is 1. The van der Waals surface area contributed by atoms with E-state index in [0.29, 0.717) is 23.4 Å². The molecule has 2 aromatic carbocycles. The van der Waals surface area contributed by atoms with Crippen LogP contribution in [0.4, 0.5) is 5.69 Å². The predicted molar refractivity (Wildman–Crippen MR) is 92.4 cm³/mol. The fraction of sp³-hybridized carbons (Fsp3) is 0.105. The Labute approximate surface area is 143 Å². The first kappa shape index (κ1) is 16.4. The summed E-state index contributed by atoms with van der Waals surface area (Å²) in [6, 6.07) is 15.4. The number of nitrogens with zero attached hydrogens (tertiary/aromatic N) is 1. The van der Waals surface area contributed by atoms with E-state index in [0.717, 1.165) is 5.39 Å². The van der Waals surface area contributed by atoms with Crippen molar-refractivity contribution in [3.05, 3.63) is 71.3 Å². The molecule has 0 radical (unpaired) electrons. The first-order valence-electron chi connectivity index (χ1n) is 7.73. The molecule has 3 rings (SSSR count). The Bertz CT molecular complexity index is 1000. The lowest BCUT2D eigenvalue weighted by atomic mass is 10.2. The zero-order valence-corrected chi connectivity index (χ0v) is 13.6. The normalized spacial score (nSPS) is 11.5. The van der Waals surface area contributed by atoms with Gasteiger partial charge in [0, 0.05) is 5.39 Å². The van der Waals surface area contributed by atoms with Gasteiger partial charge in [-0.1, -0.05) is 18.2 Å². The number of para-hydroxylation sites is 1. The van der Waals surface area contributed by atoms with Crippen molar-refractivity contribution in [1.29, 1.82) is 0 Å². The second-order valence-electron chi connectivity index (χ2n) is 5.25. The number of carbonyl (C=O) groups excluding carboxylic acids is 2. The highest BCUT2D eigenvalue weighted by atomic mass is 16.5. The molecule has 0 spiro atoms. The summed E-state index contributed by atoms with van der Waals surface area (Å²) in [4.78, 5) is 27.7. The number of carbonyl (C=O) groups is 2. The van der Waals surface area contributed by atoms with Gasteiger partial charge in [0.05, 0.1) is 17.9 Å². The Balaban J connectivity index is 2.07. The second-order valence-corrected chi connectivity index (χ2v) is 5.25. The number of amides is 1. The highest BCUT2D eigenvalue weighted by Gasteiger charge is 2.10.